The number of hydrogen-bond donors (Lipinski definition) is 1. The van der Waals surface area contributed by atoms with Crippen LogP contribution in [0.5, 0.6) is 5.75 Å². The molecule has 194 valence electrons. The van der Waals surface area contributed by atoms with E-state index in [2.05, 4.69) is 5.32 Å². The minimum Gasteiger partial charge on any atom is -0.497 e. The van der Waals surface area contributed by atoms with E-state index in [1.54, 1.807) is 37.3 Å². The van der Waals surface area contributed by atoms with Crippen LogP contribution in [0.4, 0.5) is 10.1 Å². The Hall–Kier alpha value is -2.98. The van der Waals surface area contributed by atoms with Crippen LogP contribution in [0.1, 0.15) is 22.6 Å². The summed E-state index contributed by atoms with van der Waals surface area (Å²) in [6.45, 7) is 0.615. The van der Waals surface area contributed by atoms with Gasteiger partial charge in [-0.15, -0.1) is 0 Å². The van der Waals surface area contributed by atoms with E-state index in [-0.39, 0.29) is 18.4 Å². The second-order valence-electron chi connectivity index (χ2n) is 9.68. The van der Waals surface area contributed by atoms with Gasteiger partial charge in [0.25, 0.3) is 5.91 Å². The van der Waals surface area contributed by atoms with Gasteiger partial charge in [0.1, 0.15) is 20.6 Å². The average Bonchev–Trinajstić information content (AvgIpc) is 3.44. The summed E-state index contributed by atoms with van der Waals surface area (Å²) >= 11 is 13.2. The normalized spacial score (nSPS) is 26.5. The van der Waals surface area contributed by atoms with E-state index in [4.69, 9.17) is 28.6 Å². The molecule has 0 aromatic heterocycles. The molecule has 0 bridgehead atoms. The maximum Gasteiger partial charge on any atom is 0.251 e. The molecule has 3 aliphatic heterocycles. The molecule has 3 aliphatic rings. The summed E-state index contributed by atoms with van der Waals surface area (Å²) in [4.78, 5) is 32.2. The molecule has 0 unspecified atom stereocenters. The Bertz CT molecular complexity index is 1490. The molecule has 0 aliphatic carbocycles. The zero-order valence-corrected chi connectivity index (χ0v) is 22.9. The van der Waals surface area contributed by atoms with Crippen molar-refractivity contribution in [3.05, 3.63) is 94.3 Å². The number of fused-ring (bicyclic) bond motifs is 3. The number of nitrogens with one attached hydrogen (secondary N) is 1. The summed E-state index contributed by atoms with van der Waals surface area (Å²) in [7, 11) is 3.40. The van der Waals surface area contributed by atoms with Crippen LogP contribution in [0.3, 0.4) is 0 Å². The second kappa shape index (κ2) is 9.05. The predicted molar refractivity (Wildman–Crippen MR) is 150 cm³/mol. The van der Waals surface area contributed by atoms with E-state index in [0.717, 1.165) is 11.1 Å². The number of thioether (sulfide) groups is 1. The lowest BCUT2D eigenvalue weighted by Gasteiger charge is -2.41. The monoisotopic (exact) mass is 567 g/mol. The lowest BCUT2D eigenvalue weighted by molar-refractivity contribution is -0.138. The molecule has 6 rings (SSSR count). The van der Waals surface area contributed by atoms with Crippen molar-refractivity contribution in [2.75, 3.05) is 26.0 Å². The lowest BCUT2D eigenvalue weighted by Crippen LogP contribution is -2.61. The van der Waals surface area contributed by atoms with E-state index in [9.17, 15) is 14.0 Å². The highest BCUT2D eigenvalue weighted by atomic mass is 35.5. The van der Waals surface area contributed by atoms with E-state index >= 15 is 0 Å². The number of anilines is 1. The van der Waals surface area contributed by atoms with Gasteiger partial charge in [0.05, 0.1) is 13.7 Å². The third-order valence-corrected chi connectivity index (χ3v) is 10.0. The van der Waals surface area contributed by atoms with Gasteiger partial charge in [-0.3, -0.25) is 19.4 Å². The number of thiocarbonyl (C=S) groups is 1. The van der Waals surface area contributed by atoms with Gasteiger partial charge >= 0.3 is 0 Å². The molecule has 3 aromatic rings. The summed E-state index contributed by atoms with van der Waals surface area (Å²) < 4.78 is 18.9. The fourth-order valence-electron chi connectivity index (χ4n) is 6.14. The molecule has 3 heterocycles. The van der Waals surface area contributed by atoms with Gasteiger partial charge in [0.2, 0.25) is 5.91 Å². The topological polar surface area (TPSA) is 61.9 Å². The molecule has 2 amide bonds. The van der Waals surface area contributed by atoms with Crippen LogP contribution in [0, 0.1) is 5.82 Å². The first-order chi connectivity index (χ1) is 18.2. The molecular formula is C28H23ClFN3O3S2. The molecule has 38 heavy (non-hydrogen) atoms. The fraction of sp³-hybridized carbons (Fsp3) is 0.250. The molecule has 10 heteroatoms. The van der Waals surface area contributed by atoms with E-state index in [0.29, 0.717) is 32.9 Å². The number of carbonyl (C=O) groups is 2. The fourth-order valence-corrected chi connectivity index (χ4v) is 8.39. The van der Waals surface area contributed by atoms with Crippen LogP contribution in [0.15, 0.2) is 66.7 Å². The summed E-state index contributed by atoms with van der Waals surface area (Å²) in [6, 6.07) is 18.9. The zero-order chi connectivity index (χ0) is 26.8. The maximum absolute atomic E-state index is 14.7. The number of carbonyl (C=O) groups excluding carboxylic acids is 2. The van der Waals surface area contributed by atoms with Crippen LogP contribution < -0.4 is 10.1 Å². The van der Waals surface area contributed by atoms with Crippen LogP contribution in [0.25, 0.3) is 0 Å². The smallest absolute Gasteiger partial charge is 0.251 e. The summed E-state index contributed by atoms with van der Waals surface area (Å²) in [5, 5.41) is 3.49. The Morgan fingerprint density at radius 3 is 2.53 bits per heavy atom. The summed E-state index contributed by atoms with van der Waals surface area (Å²) in [5.41, 5.74) is 1.18. The molecule has 3 aromatic carbocycles. The molecule has 2 saturated heterocycles. The molecule has 0 radical (unpaired) electrons. The van der Waals surface area contributed by atoms with Gasteiger partial charge in [0.15, 0.2) is 5.54 Å². The van der Waals surface area contributed by atoms with Crippen molar-refractivity contribution in [2.45, 2.75) is 22.7 Å². The van der Waals surface area contributed by atoms with Gasteiger partial charge in [-0.25, -0.2) is 4.39 Å². The van der Waals surface area contributed by atoms with Crippen molar-refractivity contribution >= 4 is 57.4 Å². The highest BCUT2D eigenvalue weighted by Crippen LogP contribution is 2.66. The number of amides is 2. The maximum atomic E-state index is 14.7. The van der Waals surface area contributed by atoms with E-state index < -0.39 is 22.0 Å². The highest BCUT2D eigenvalue weighted by Gasteiger charge is 2.77. The van der Waals surface area contributed by atoms with Gasteiger partial charge in [0, 0.05) is 28.7 Å². The number of nitrogens with zero attached hydrogens (tertiary/aromatic N) is 2. The van der Waals surface area contributed by atoms with Crippen LogP contribution in [-0.2, 0) is 21.7 Å². The minimum atomic E-state index is -1.48. The average molecular weight is 568 g/mol. The number of likely N-dealkylation sites (N-methyl/N-ethyl adjacent to an activating group) is 1. The number of likely N-dealkylation sites (tertiary alicyclic amines) is 1. The van der Waals surface area contributed by atoms with E-state index in [1.807, 2.05) is 41.3 Å². The molecule has 0 saturated carbocycles. The Morgan fingerprint density at radius 2 is 1.84 bits per heavy atom. The first-order valence-corrected chi connectivity index (χ1v) is 13.6. The van der Waals surface area contributed by atoms with Gasteiger partial charge in [-0.1, -0.05) is 59.8 Å². The number of hydrogen-bond acceptors (Lipinski definition) is 6. The van der Waals surface area contributed by atoms with Crippen molar-refractivity contribution in [2.24, 2.45) is 0 Å². The second-order valence-corrected chi connectivity index (χ2v) is 12.0. The van der Waals surface area contributed by atoms with E-state index in [1.165, 1.54) is 23.9 Å². The Kier molecular flexibility index (Phi) is 6.03. The summed E-state index contributed by atoms with van der Waals surface area (Å²) in [5.74, 6) is -0.852. The van der Waals surface area contributed by atoms with Crippen LogP contribution >= 0.6 is 35.6 Å². The van der Waals surface area contributed by atoms with Crippen LogP contribution in [-0.4, -0.2) is 51.4 Å². The van der Waals surface area contributed by atoms with Crippen molar-refractivity contribution < 1.29 is 18.7 Å². The van der Waals surface area contributed by atoms with Gasteiger partial charge < -0.3 is 10.1 Å². The quantitative estimate of drug-likeness (QED) is 0.439. The number of benzene rings is 3. The van der Waals surface area contributed by atoms with Gasteiger partial charge in [-0.2, -0.15) is 0 Å². The first-order valence-electron chi connectivity index (χ1n) is 12.0. The van der Waals surface area contributed by atoms with Crippen molar-refractivity contribution in [3.63, 3.8) is 0 Å². The molecule has 3 atom stereocenters. The molecular weight excluding hydrogens is 545 g/mol. The third-order valence-electron chi connectivity index (χ3n) is 7.81. The summed E-state index contributed by atoms with van der Waals surface area (Å²) in [6.07, 6.45) is 0. The molecule has 2 spiro atoms. The Balaban J connectivity index is 1.54. The Morgan fingerprint density at radius 1 is 1.13 bits per heavy atom. The van der Waals surface area contributed by atoms with Crippen molar-refractivity contribution in [1.29, 1.82) is 0 Å². The van der Waals surface area contributed by atoms with Gasteiger partial charge in [-0.05, 0) is 60.6 Å². The first kappa shape index (κ1) is 25.3. The molecule has 1 N–H and O–H groups in total. The lowest BCUT2D eigenvalue weighted by atomic mass is 9.72. The van der Waals surface area contributed by atoms with Crippen LogP contribution in [0.2, 0.25) is 5.02 Å². The SMILES string of the molecule is COc1ccc(CN2C(=O)[C@]3(SC2=S)[C@H](c2ccc(Cl)cc2)CN(C)[C@]32C(=O)Nc3ccc(F)cc32)cc1. The predicted octanol–water partition coefficient (Wildman–Crippen LogP) is 5.16. The number of halogens is 2. The highest BCUT2D eigenvalue weighted by molar-refractivity contribution is 8.25. The van der Waals surface area contributed by atoms with Crippen molar-refractivity contribution in [3.8, 4) is 5.75 Å². The standard InChI is InChI=1S/C28H23ClFN3O3S2/c1-32-15-22(17-5-7-18(29)8-6-17)28(27(32)21-13-19(30)9-12-23(21)31-24(27)34)25(35)33(26(37)38-28)14-16-3-10-20(36-2)11-4-16/h3-13,22H,14-15H2,1-2H3,(H,31,34)/t22-,27+,28+/m0/s1. The number of rotatable bonds is 4. The largest absolute Gasteiger partial charge is 0.497 e. The number of ether oxygens (including phenoxy) is 1. The molecule has 2 fully saturated rings. The molecule has 6 nitrogen and oxygen atoms in total. The van der Waals surface area contributed by atoms with Crippen molar-refractivity contribution in [1.82, 2.24) is 9.80 Å². The Labute approximate surface area is 234 Å². The zero-order valence-electron chi connectivity index (χ0n) is 20.5. The third kappa shape index (κ3) is 3.38. The number of methoxy groups -OCH3 is 1. The minimum absolute atomic E-state index is 0.237.